The summed E-state index contributed by atoms with van der Waals surface area (Å²) in [6.45, 7) is 3.25. The Morgan fingerprint density at radius 3 is 2.72 bits per heavy atom. The number of nitrogens with zero attached hydrogens (tertiary/aromatic N) is 2. The highest BCUT2D eigenvalue weighted by Gasteiger charge is 2.03. The van der Waals surface area contributed by atoms with Gasteiger partial charge in [-0.1, -0.05) is 11.6 Å². The van der Waals surface area contributed by atoms with E-state index in [0.717, 1.165) is 16.8 Å². The first-order valence-corrected chi connectivity index (χ1v) is 6.07. The SMILES string of the molecule is Cc1nn(C)cc1CNCc1cc(F)cc(Cl)c1. The number of rotatable bonds is 4. The van der Waals surface area contributed by atoms with Gasteiger partial charge in [-0.15, -0.1) is 0 Å². The second-order valence-electron chi connectivity index (χ2n) is 4.29. The van der Waals surface area contributed by atoms with Gasteiger partial charge in [-0.2, -0.15) is 5.10 Å². The van der Waals surface area contributed by atoms with Crippen LogP contribution >= 0.6 is 11.6 Å². The van der Waals surface area contributed by atoms with E-state index in [1.807, 2.05) is 20.2 Å². The molecule has 1 aromatic carbocycles. The van der Waals surface area contributed by atoms with E-state index in [1.54, 1.807) is 10.7 Å². The first-order chi connectivity index (χ1) is 8.54. The quantitative estimate of drug-likeness (QED) is 0.923. The Morgan fingerprint density at radius 2 is 2.11 bits per heavy atom. The topological polar surface area (TPSA) is 29.9 Å². The van der Waals surface area contributed by atoms with Crippen LogP contribution < -0.4 is 5.32 Å². The molecule has 0 aliphatic rings. The highest BCUT2D eigenvalue weighted by molar-refractivity contribution is 6.30. The van der Waals surface area contributed by atoms with Gasteiger partial charge >= 0.3 is 0 Å². The molecule has 0 radical (unpaired) electrons. The monoisotopic (exact) mass is 267 g/mol. The Bertz CT molecular complexity index is 531. The van der Waals surface area contributed by atoms with Crippen molar-refractivity contribution in [2.24, 2.45) is 7.05 Å². The zero-order valence-corrected chi connectivity index (χ0v) is 11.1. The fourth-order valence-corrected chi connectivity index (χ4v) is 2.12. The van der Waals surface area contributed by atoms with Crippen LogP contribution in [-0.2, 0) is 20.1 Å². The highest BCUT2D eigenvalue weighted by Crippen LogP contribution is 2.14. The van der Waals surface area contributed by atoms with Crippen molar-refractivity contribution in [2.75, 3.05) is 0 Å². The average Bonchev–Trinajstić information content (AvgIpc) is 2.56. The van der Waals surface area contributed by atoms with Crippen molar-refractivity contribution in [2.45, 2.75) is 20.0 Å². The van der Waals surface area contributed by atoms with Crippen LogP contribution in [0.1, 0.15) is 16.8 Å². The van der Waals surface area contributed by atoms with Crippen LogP contribution in [0.2, 0.25) is 5.02 Å². The molecule has 0 spiro atoms. The summed E-state index contributed by atoms with van der Waals surface area (Å²) in [7, 11) is 1.89. The summed E-state index contributed by atoms with van der Waals surface area (Å²) in [5.74, 6) is -0.308. The summed E-state index contributed by atoms with van der Waals surface area (Å²) in [4.78, 5) is 0. The van der Waals surface area contributed by atoms with E-state index in [2.05, 4.69) is 10.4 Å². The lowest BCUT2D eigenvalue weighted by atomic mass is 10.2. The Labute approximate surface area is 111 Å². The van der Waals surface area contributed by atoms with Gasteiger partial charge in [-0.05, 0) is 30.7 Å². The molecule has 1 aromatic heterocycles. The van der Waals surface area contributed by atoms with Crippen molar-refractivity contribution in [1.82, 2.24) is 15.1 Å². The summed E-state index contributed by atoms with van der Waals surface area (Å²) in [6.07, 6.45) is 1.97. The van der Waals surface area contributed by atoms with Crippen molar-refractivity contribution < 1.29 is 4.39 Å². The number of hydrogen-bond donors (Lipinski definition) is 1. The van der Waals surface area contributed by atoms with Crippen molar-refractivity contribution in [3.8, 4) is 0 Å². The standard InChI is InChI=1S/C13H15ClFN3/c1-9-11(8-18(2)17-9)7-16-6-10-3-12(14)5-13(15)4-10/h3-5,8,16H,6-7H2,1-2H3. The normalized spacial score (nSPS) is 10.9. The lowest BCUT2D eigenvalue weighted by Gasteiger charge is -2.05. The molecule has 18 heavy (non-hydrogen) atoms. The average molecular weight is 268 g/mol. The maximum absolute atomic E-state index is 13.1. The molecular formula is C13H15ClFN3. The number of benzene rings is 1. The van der Waals surface area contributed by atoms with Crippen LogP contribution in [0, 0.1) is 12.7 Å². The fraction of sp³-hybridized carbons (Fsp3) is 0.308. The molecule has 96 valence electrons. The van der Waals surface area contributed by atoms with Crippen LogP contribution in [0.25, 0.3) is 0 Å². The summed E-state index contributed by atoms with van der Waals surface area (Å²) in [6, 6.07) is 4.54. The predicted octanol–water partition coefficient (Wildman–Crippen LogP) is 2.81. The molecule has 0 saturated heterocycles. The van der Waals surface area contributed by atoms with Crippen molar-refractivity contribution in [1.29, 1.82) is 0 Å². The number of nitrogens with one attached hydrogen (secondary N) is 1. The molecule has 0 aliphatic heterocycles. The molecule has 1 N–H and O–H groups in total. The van der Waals surface area contributed by atoms with Crippen LogP contribution in [0.4, 0.5) is 4.39 Å². The second kappa shape index (κ2) is 5.50. The van der Waals surface area contributed by atoms with E-state index in [-0.39, 0.29) is 5.82 Å². The van der Waals surface area contributed by atoms with E-state index in [0.29, 0.717) is 18.1 Å². The van der Waals surface area contributed by atoms with Crippen molar-refractivity contribution >= 4 is 11.6 Å². The number of hydrogen-bond acceptors (Lipinski definition) is 2. The molecule has 0 bridgehead atoms. The van der Waals surface area contributed by atoms with E-state index in [1.165, 1.54) is 12.1 Å². The Morgan fingerprint density at radius 1 is 1.33 bits per heavy atom. The molecule has 2 rings (SSSR count). The van der Waals surface area contributed by atoms with Crippen molar-refractivity contribution in [3.63, 3.8) is 0 Å². The van der Waals surface area contributed by atoms with Gasteiger partial charge in [0.1, 0.15) is 5.82 Å². The summed E-state index contributed by atoms with van der Waals surface area (Å²) in [5, 5.41) is 7.93. The minimum Gasteiger partial charge on any atom is -0.308 e. The van der Waals surface area contributed by atoms with Gasteiger partial charge in [0.2, 0.25) is 0 Å². The van der Waals surface area contributed by atoms with Gasteiger partial charge < -0.3 is 5.32 Å². The third-order valence-corrected chi connectivity index (χ3v) is 2.90. The molecule has 0 fully saturated rings. The van der Waals surface area contributed by atoms with E-state index in [9.17, 15) is 4.39 Å². The van der Waals surface area contributed by atoms with Crippen LogP contribution in [0.3, 0.4) is 0 Å². The molecule has 0 unspecified atom stereocenters. The lowest BCUT2D eigenvalue weighted by molar-refractivity contribution is 0.620. The fourth-order valence-electron chi connectivity index (χ4n) is 1.88. The minimum absolute atomic E-state index is 0.308. The predicted molar refractivity (Wildman–Crippen MR) is 69.9 cm³/mol. The molecule has 0 amide bonds. The van der Waals surface area contributed by atoms with E-state index >= 15 is 0 Å². The number of aryl methyl sites for hydroxylation is 2. The van der Waals surface area contributed by atoms with Gasteiger partial charge in [0.25, 0.3) is 0 Å². The van der Waals surface area contributed by atoms with Gasteiger partial charge in [-0.3, -0.25) is 4.68 Å². The molecule has 2 aromatic rings. The van der Waals surface area contributed by atoms with Crippen LogP contribution in [-0.4, -0.2) is 9.78 Å². The van der Waals surface area contributed by atoms with Gasteiger partial charge in [0.15, 0.2) is 0 Å². The van der Waals surface area contributed by atoms with E-state index in [4.69, 9.17) is 11.6 Å². The molecule has 1 heterocycles. The number of aromatic nitrogens is 2. The summed E-state index contributed by atoms with van der Waals surface area (Å²) in [5.41, 5.74) is 2.98. The molecular weight excluding hydrogens is 253 g/mol. The number of halogens is 2. The largest absolute Gasteiger partial charge is 0.308 e. The third-order valence-electron chi connectivity index (χ3n) is 2.68. The molecule has 0 atom stereocenters. The zero-order valence-electron chi connectivity index (χ0n) is 10.4. The van der Waals surface area contributed by atoms with E-state index < -0.39 is 0 Å². The Kier molecular flexibility index (Phi) is 3.99. The van der Waals surface area contributed by atoms with Crippen LogP contribution in [0.15, 0.2) is 24.4 Å². The zero-order chi connectivity index (χ0) is 13.1. The summed E-state index contributed by atoms with van der Waals surface area (Å²) >= 11 is 5.79. The molecule has 5 heteroatoms. The smallest absolute Gasteiger partial charge is 0.125 e. The third kappa shape index (κ3) is 3.31. The second-order valence-corrected chi connectivity index (χ2v) is 4.73. The van der Waals surface area contributed by atoms with Gasteiger partial charge in [0, 0.05) is 36.9 Å². The maximum Gasteiger partial charge on any atom is 0.125 e. The van der Waals surface area contributed by atoms with Crippen LogP contribution in [0.5, 0.6) is 0 Å². The first-order valence-electron chi connectivity index (χ1n) is 5.69. The van der Waals surface area contributed by atoms with Gasteiger partial charge in [0.05, 0.1) is 5.69 Å². The minimum atomic E-state index is -0.308. The molecule has 3 nitrogen and oxygen atoms in total. The summed E-state index contributed by atoms with van der Waals surface area (Å²) < 4.78 is 14.9. The molecule has 0 aliphatic carbocycles. The lowest BCUT2D eigenvalue weighted by Crippen LogP contribution is -2.13. The Balaban J connectivity index is 1.94. The Hall–Kier alpha value is -1.39. The van der Waals surface area contributed by atoms with Crippen molar-refractivity contribution in [3.05, 3.63) is 52.1 Å². The van der Waals surface area contributed by atoms with Gasteiger partial charge in [-0.25, -0.2) is 4.39 Å². The molecule has 0 saturated carbocycles. The highest BCUT2D eigenvalue weighted by atomic mass is 35.5. The maximum atomic E-state index is 13.1. The first kappa shape index (κ1) is 13.1.